The third-order valence-electron chi connectivity index (χ3n) is 3.76. The molecular formula is C18H15BrN2O6. The van der Waals surface area contributed by atoms with Crippen LogP contribution in [-0.2, 0) is 16.1 Å². The Labute approximate surface area is 162 Å². The van der Waals surface area contributed by atoms with Gasteiger partial charge in [0.15, 0.2) is 11.5 Å². The van der Waals surface area contributed by atoms with Crippen molar-refractivity contribution in [3.05, 3.63) is 51.9 Å². The Hall–Kier alpha value is -3.07. The van der Waals surface area contributed by atoms with Gasteiger partial charge in [-0.2, -0.15) is 0 Å². The SMILES string of the molecule is CCOc1cc(C=C2C(=O)NC(=O)N(Cc3ccco3)C2=O)c(Br)cc1O. The average molecular weight is 435 g/mol. The number of urea groups is 1. The summed E-state index contributed by atoms with van der Waals surface area (Å²) in [5.74, 6) is -1.03. The van der Waals surface area contributed by atoms with E-state index in [2.05, 4.69) is 21.2 Å². The van der Waals surface area contributed by atoms with Gasteiger partial charge in [-0.15, -0.1) is 0 Å². The molecule has 1 aromatic heterocycles. The standard InChI is InChI=1S/C18H15BrN2O6/c1-2-26-15-7-10(13(19)8-14(15)22)6-12-16(23)20-18(25)21(17(12)24)9-11-4-3-5-27-11/h3-8,22H,2,9H2,1H3,(H,20,23,25). The maximum absolute atomic E-state index is 12.7. The Balaban J connectivity index is 1.96. The molecule has 1 saturated heterocycles. The van der Waals surface area contributed by atoms with E-state index < -0.39 is 17.8 Å². The fraction of sp³-hybridized carbons (Fsp3) is 0.167. The van der Waals surface area contributed by atoms with Crippen molar-refractivity contribution in [2.75, 3.05) is 6.61 Å². The zero-order chi connectivity index (χ0) is 19.6. The van der Waals surface area contributed by atoms with E-state index in [1.54, 1.807) is 19.1 Å². The fourth-order valence-electron chi connectivity index (χ4n) is 2.49. The molecular weight excluding hydrogens is 420 g/mol. The maximum atomic E-state index is 12.7. The molecule has 0 aliphatic carbocycles. The van der Waals surface area contributed by atoms with Gasteiger partial charge in [-0.05, 0) is 42.8 Å². The molecule has 9 heteroatoms. The Kier molecular flexibility index (Phi) is 5.31. The van der Waals surface area contributed by atoms with Gasteiger partial charge in [0.1, 0.15) is 11.3 Å². The molecule has 0 saturated carbocycles. The number of carbonyl (C=O) groups excluding carboxylic acids is 3. The minimum absolute atomic E-state index is 0.0834. The molecule has 2 heterocycles. The van der Waals surface area contributed by atoms with Crippen LogP contribution in [-0.4, -0.2) is 34.5 Å². The summed E-state index contributed by atoms with van der Waals surface area (Å²) in [5, 5.41) is 12.0. The van der Waals surface area contributed by atoms with Gasteiger partial charge in [-0.3, -0.25) is 19.8 Å². The summed E-state index contributed by atoms with van der Waals surface area (Å²) in [5.41, 5.74) is 0.206. The number of furan rings is 1. The molecule has 1 fully saturated rings. The predicted octanol–water partition coefficient (Wildman–Crippen LogP) is 2.81. The highest BCUT2D eigenvalue weighted by atomic mass is 79.9. The van der Waals surface area contributed by atoms with Crippen molar-refractivity contribution in [2.45, 2.75) is 13.5 Å². The lowest BCUT2D eigenvalue weighted by Crippen LogP contribution is -2.53. The average Bonchev–Trinajstić information content (AvgIpc) is 3.12. The maximum Gasteiger partial charge on any atom is 0.331 e. The van der Waals surface area contributed by atoms with Crippen molar-refractivity contribution in [2.24, 2.45) is 0 Å². The van der Waals surface area contributed by atoms with Gasteiger partial charge in [-0.1, -0.05) is 15.9 Å². The van der Waals surface area contributed by atoms with Gasteiger partial charge in [0, 0.05) is 4.47 Å². The largest absolute Gasteiger partial charge is 0.504 e. The lowest BCUT2D eigenvalue weighted by atomic mass is 10.1. The lowest BCUT2D eigenvalue weighted by molar-refractivity contribution is -0.130. The zero-order valence-corrected chi connectivity index (χ0v) is 15.8. The van der Waals surface area contributed by atoms with Crippen LogP contribution in [0.1, 0.15) is 18.2 Å². The quantitative estimate of drug-likeness (QED) is 0.552. The summed E-state index contributed by atoms with van der Waals surface area (Å²) in [4.78, 5) is 37.8. The fourth-order valence-corrected chi connectivity index (χ4v) is 2.94. The Bertz CT molecular complexity index is 936. The summed E-state index contributed by atoms with van der Waals surface area (Å²) < 4.78 is 10.9. The monoisotopic (exact) mass is 434 g/mol. The van der Waals surface area contributed by atoms with Crippen LogP contribution < -0.4 is 10.1 Å². The third-order valence-corrected chi connectivity index (χ3v) is 4.44. The molecule has 140 valence electrons. The van der Waals surface area contributed by atoms with Crippen molar-refractivity contribution in [3.8, 4) is 11.5 Å². The molecule has 0 atom stereocenters. The summed E-state index contributed by atoms with van der Waals surface area (Å²) in [6, 6.07) is 5.31. The highest BCUT2D eigenvalue weighted by molar-refractivity contribution is 9.10. The van der Waals surface area contributed by atoms with E-state index in [0.29, 0.717) is 22.4 Å². The third kappa shape index (κ3) is 3.87. The molecule has 2 N–H and O–H groups in total. The summed E-state index contributed by atoms with van der Waals surface area (Å²) in [7, 11) is 0. The van der Waals surface area contributed by atoms with Gasteiger partial charge in [0.25, 0.3) is 11.8 Å². The molecule has 0 spiro atoms. The van der Waals surface area contributed by atoms with Crippen molar-refractivity contribution in [1.82, 2.24) is 10.2 Å². The van der Waals surface area contributed by atoms with Gasteiger partial charge in [0.05, 0.1) is 19.4 Å². The first kappa shape index (κ1) is 18.7. The second-order valence-corrected chi connectivity index (χ2v) is 6.42. The number of imide groups is 2. The molecule has 3 rings (SSSR count). The molecule has 1 aromatic carbocycles. The Morgan fingerprint density at radius 2 is 2.11 bits per heavy atom. The van der Waals surface area contributed by atoms with Crippen molar-refractivity contribution < 1.29 is 28.6 Å². The van der Waals surface area contributed by atoms with Gasteiger partial charge in [0.2, 0.25) is 0 Å². The number of aromatic hydroxyl groups is 1. The van der Waals surface area contributed by atoms with E-state index >= 15 is 0 Å². The first-order valence-corrected chi connectivity index (χ1v) is 8.76. The number of nitrogens with one attached hydrogen (secondary N) is 1. The number of benzene rings is 1. The lowest BCUT2D eigenvalue weighted by Gasteiger charge is -2.25. The normalized spacial score (nSPS) is 16.0. The number of ether oxygens (including phenoxy) is 1. The topological polar surface area (TPSA) is 109 Å². The van der Waals surface area contributed by atoms with Crippen LogP contribution >= 0.6 is 15.9 Å². The van der Waals surface area contributed by atoms with Crippen LogP contribution in [0.15, 0.2) is 45.0 Å². The first-order chi connectivity index (χ1) is 12.9. The number of nitrogens with zero attached hydrogens (tertiary/aromatic N) is 1. The summed E-state index contributed by atoms with van der Waals surface area (Å²) in [6.45, 7) is 1.98. The van der Waals surface area contributed by atoms with Crippen LogP contribution in [0.2, 0.25) is 0 Å². The molecule has 27 heavy (non-hydrogen) atoms. The molecule has 0 radical (unpaired) electrons. The van der Waals surface area contributed by atoms with Gasteiger partial charge >= 0.3 is 6.03 Å². The number of halogens is 1. The van der Waals surface area contributed by atoms with E-state index in [9.17, 15) is 19.5 Å². The number of amides is 4. The number of carbonyl (C=O) groups is 3. The van der Waals surface area contributed by atoms with Crippen LogP contribution in [0.4, 0.5) is 4.79 Å². The summed E-state index contributed by atoms with van der Waals surface area (Å²) >= 11 is 3.28. The van der Waals surface area contributed by atoms with Gasteiger partial charge < -0.3 is 14.3 Å². The molecule has 4 amide bonds. The van der Waals surface area contributed by atoms with Crippen LogP contribution in [0.3, 0.4) is 0 Å². The Morgan fingerprint density at radius 1 is 1.33 bits per heavy atom. The smallest absolute Gasteiger partial charge is 0.331 e. The van der Waals surface area contributed by atoms with E-state index in [4.69, 9.17) is 9.15 Å². The second kappa shape index (κ2) is 7.67. The Morgan fingerprint density at radius 3 is 2.78 bits per heavy atom. The van der Waals surface area contributed by atoms with Crippen LogP contribution in [0.5, 0.6) is 11.5 Å². The number of hydrogen-bond donors (Lipinski definition) is 2. The molecule has 2 aromatic rings. The van der Waals surface area contributed by atoms with Crippen LogP contribution in [0, 0.1) is 0 Å². The number of barbiturate groups is 1. The highest BCUT2D eigenvalue weighted by Crippen LogP contribution is 2.34. The van der Waals surface area contributed by atoms with Crippen molar-refractivity contribution in [1.29, 1.82) is 0 Å². The number of phenolic OH excluding ortho intramolecular Hbond substituents is 1. The summed E-state index contributed by atoms with van der Waals surface area (Å²) in [6.07, 6.45) is 2.75. The second-order valence-electron chi connectivity index (χ2n) is 5.56. The van der Waals surface area contributed by atoms with E-state index in [0.717, 1.165) is 4.90 Å². The van der Waals surface area contributed by atoms with Gasteiger partial charge in [-0.25, -0.2) is 4.79 Å². The minimum atomic E-state index is -0.821. The van der Waals surface area contributed by atoms with E-state index in [1.807, 2.05) is 0 Å². The zero-order valence-electron chi connectivity index (χ0n) is 14.2. The van der Waals surface area contributed by atoms with E-state index in [1.165, 1.54) is 24.5 Å². The first-order valence-electron chi connectivity index (χ1n) is 7.97. The number of phenols is 1. The molecule has 8 nitrogen and oxygen atoms in total. The predicted molar refractivity (Wildman–Crippen MR) is 97.7 cm³/mol. The van der Waals surface area contributed by atoms with Crippen molar-refractivity contribution in [3.63, 3.8) is 0 Å². The molecule has 1 aliphatic heterocycles. The molecule has 0 unspecified atom stereocenters. The molecule has 1 aliphatic rings. The number of hydrogen-bond acceptors (Lipinski definition) is 6. The number of rotatable bonds is 5. The van der Waals surface area contributed by atoms with Crippen molar-refractivity contribution >= 4 is 39.9 Å². The van der Waals surface area contributed by atoms with E-state index in [-0.39, 0.29) is 23.6 Å². The van der Waals surface area contributed by atoms with Crippen LogP contribution in [0.25, 0.3) is 6.08 Å². The molecule has 0 bridgehead atoms. The minimum Gasteiger partial charge on any atom is -0.504 e. The highest BCUT2D eigenvalue weighted by Gasteiger charge is 2.36.